The Morgan fingerprint density at radius 3 is 2.87 bits per heavy atom. The van der Waals surface area contributed by atoms with Crippen molar-refractivity contribution in [2.75, 3.05) is 20.7 Å². The van der Waals surface area contributed by atoms with Crippen molar-refractivity contribution in [2.45, 2.75) is 74.7 Å². The van der Waals surface area contributed by atoms with Crippen LogP contribution in [-0.4, -0.2) is 54.0 Å². The largest absolute Gasteiger partial charge is 0.504 e. The molecule has 4 bridgehead atoms. The van der Waals surface area contributed by atoms with Gasteiger partial charge in [0.15, 0.2) is 11.5 Å². The molecule has 4 fully saturated rings. The van der Waals surface area contributed by atoms with Crippen molar-refractivity contribution in [1.82, 2.24) is 4.90 Å². The smallest absolute Gasteiger partial charge is 0.165 e. The van der Waals surface area contributed by atoms with Crippen molar-refractivity contribution in [1.29, 1.82) is 0 Å². The summed E-state index contributed by atoms with van der Waals surface area (Å²) in [4.78, 5) is 5.74. The third kappa shape index (κ3) is 1.74. The van der Waals surface area contributed by atoms with Crippen LogP contribution in [0.2, 0.25) is 0 Å². The topological polar surface area (TPSA) is 90.7 Å². The first-order valence-electron chi connectivity index (χ1n) is 11.1. The number of methoxy groups -OCH3 is 1. The third-order valence-electron chi connectivity index (χ3n) is 9.78. The zero-order valence-electron chi connectivity index (χ0n) is 18.2. The molecule has 3 saturated carbocycles. The zero-order valence-corrected chi connectivity index (χ0v) is 18.2. The van der Waals surface area contributed by atoms with Gasteiger partial charge in [0.1, 0.15) is 11.7 Å². The Morgan fingerprint density at radius 2 is 2.13 bits per heavy atom. The van der Waals surface area contributed by atoms with Gasteiger partial charge in [-0.15, -0.1) is 0 Å². The van der Waals surface area contributed by atoms with Gasteiger partial charge in [0.2, 0.25) is 0 Å². The number of piperidine rings is 1. The van der Waals surface area contributed by atoms with Crippen LogP contribution in [0.3, 0.4) is 0 Å². The lowest BCUT2D eigenvalue weighted by Crippen LogP contribution is -2.82. The maximum Gasteiger partial charge on any atom is 0.165 e. The van der Waals surface area contributed by atoms with Gasteiger partial charge in [-0.25, -0.2) is 0 Å². The SMILES string of the molecule is CO[C@]12CC[C@@]3(C[C@@H]1C(C)(C)N=[N+]=[N-])[C@H]1Cc4ccc(O)c5c4[C@@]3(CCN1C)[C@H]2O5. The summed E-state index contributed by atoms with van der Waals surface area (Å²) in [5.41, 5.74) is 10.6. The van der Waals surface area contributed by atoms with Crippen LogP contribution in [0.25, 0.3) is 10.4 Å². The van der Waals surface area contributed by atoms with Crippen LogP contribution >= 0.6 is 0 Å². The molecule has 0 radical (unpaired) electrons. The highest BCUT2D eigenvalue weighted by atomic mass is 16.6. The molecule has 6 atom stereocenters. The minimum atomic E-state index is -0.590. The molecule has 2 aliphatic heterocycles. The molecule has 1 N–H and O–H groups in total. The Hall–Kier alpha value is -1.95. The quantitative estimate of drug-likeness (QED) is 0.464. The summed E-state index contributed by atoms with van der Waals surface area (Å²) in [6, 6.07) is 4.31. The van der Waals surface area contributed by atoms with Crippen molar-refractivity contribution < 1.29 is 14.6 Å². The highest BCUT2D eigenvalue weighted by Crippen LogP contribution is 2.77. The van der Waals surface area contributed by atoms with Crippen molar-refractivity contribution in [2.24, 2.45) is 16.4 Å². The Labute approximate surface area is 177 Å². The molecule has 7 nitrogen and oxygen atoms in total. The highest BCUT2D eigenvalue weighted by molar-refractivity contribution is 5.63. The number of azide groups is 1. The summed E-state index contributed by atoms with van der Waals surface area (Å²) in [7, 11) is 4.04. The van der Waals surface area contributed by atoms with E-state index in [1.165, 1.54) is 11.1 Å². The molecule has 1 aromatic rings. The third-order valence-corrected chi connectivity index (χ3v) is 9.78. The number of nitrogens with zero attached hydrogens (tertiary/aromatic N) is 4. The molecule has 2 spiro atoms. The van der Waals surface area contributed by atoms with Crippen LogP contribution in [0.1, 0.15) is 50.7 Å². The molecule has 4 aliphatic carbocycles. The summed E-state index contributed by atoms with van der Waals surface area (Å²) < 4.78 is 13.2. The van der Waals surface area contributed by atoms with Gasteiger partial charge in [0.25, 0.3) is 0 Å². The predicted molar refractivity (Wildman–Crippen MR) is 112 cm³/mol. The van der Waals surface area contributed by atoms with E-state index >= 15 is 0 Å². The maximum absolute atomic E-state index is 10.8. The van der Waals surface area contributed by atoms with Gasteiger partial charge >= 0.3 is 0 Å². The van der Waals surface area contributed by atoms with Crippen LogP contribution in [-0.2, 0) is 16.6 Å². The van der Waals surface area contributed by atoms with Gasteiger partial charge < -0.3 is 19.5 Å². The molecular formula is C23H30N4O3. The van der Waals surface area contributed by atoms with Gasteiger partial charge in [-0.1, -0.05) is 25.0 Å². The number of likely N-dealkylation sites (N-methyl/N-ethyl adjacent to an activating group) is 1. The monoisotopic (exact) mass is 410 g/mol. The first-order valence-corrected chi connectivity index (χ1v) is 11.1. The van der Waals surface area contributed by atoms with Crippen LogP contribution in [0.5, 0.6) is 11.5 Å². The molecular weight excluding hydrogens is 380 g/mol. The molecule has 7 heteroatoms. The lowest BCUT2D eigenvalue weighted by Gasteiger charge is -2.74. The summed E-state index contributed by atoms with van der Waals surface area (Å²) >= 11 is 0. The van der Waals surface area contributed by atoms with Crippen LogP contribution in [0.15, 0.2) is 17.2 Å². The van der Waals surface area contributed by atoms with E-state index in [-0.39, 0.29) is 28.6 Å². The van der Waals surface area contributed by atoms with Gasteiger partial charge in [0.05, 0.1) is 0 Å². The number of hydrogen-bond acceptors (Lipinski definition) is 5. The van der Waals surface area contributed by atoms with Gasteiger partial charge in [-0.05, 0) is 62.9 Å². The second-order valence-electron chi connectivity index (χ2n) is 10.8. The molecule has 0 aromatic heterocycles. The fraction of sp³-hybridized carbons (Fsp3) is 0.739. The number of aromatic hydroxyl groups is 1. The number of phenolic OH excluding ortho intramolecular Hbond substituents is 1. The zero-order chi connectivity index (χ0) is 21.1. The van der Waals surface area contributed by atoms with Crippen LogP contribution in [0, 0.1) is 11.3 Å². The molecule has 160 valence electrons. The number of phenols is 1. The molecule has 30 heavy (non-hydrogen) atoms. The first kappa shape index (κ1) is 18.8. The number of likely N-dealkylation sites (tertiary alicyclic amines) is 1. The maximum atomic E-state index is 10.8. The average Bonchev–Trinajstić information content (AvgIpc) is 3.09. The van der Waals surface area contributed by atoms with E-state index in [9.17, 15) is 10.6 Å². The lowest BCUT2D eigenvalue weighted by atomic mass is 9.33. The van der Waals surface area contributed by atoms with E-state index in [0.717, 1.165) is 38.6 Å². The number of hydrogen-bond donors (Lipinski definition) is 1. The lowest BCUT2D eigenvalue weighted by molar-refractivity contribution is -0.283. The minimum Gasteiger partial charge on any atom is -0.504 e. The molecule has 6 aliphatic rings. The van der Waals surface area contributed by atoms with E-state index in [0.29, 0.717) is 11.8 Å². The van der Waals surface area contributed by atoms with E-state index < -0.39 is 11.1 Å². The molecule has 1 saturated heterocycles. The highest BCUT2D eigenvalue weighted by Gasteiger charge is 2.81. The standard InChI is InChI=1S/C23H30N4O3/c1-20(2,25-26-24)15-12-21-7-8-23(15,29-4)19-22(21)9-10-27(3)16(21)11-13-5-6-14(28)18(30-19)17(13)22/h5-6,15-16,19,28H,7-12H2,1-4H3/t15-,16-,19-,21-,22+,23-/m1/s1. The van der Waals surface area contributed by atoms with Crippen molar-refractivity contribution in [3.8, 4) is 11.5 Å². The fourth-order valence-corrected chi connectivity index (χ4v) is 8.70. The summed E-state index contributed by atoms with van der Waals surface area (Å²) in [6.07, 6.45) is 4.73. The van der Waals surface area contributed by atoms with Crippen molar-refractivity contribution in [3.05, 3.63) is 33.7 Å². The normalized spacial score (nSPS) is 43.0. The molecule has 0 unspecified atom stereocenters. The molecule has 7 rings (SSSR count). The summed E-state index contributed by atoms with van der Waals surface area (Å²) in [6.45, 7) is 5.09. The Balaban J connectivity index is 1.67. The van der Waals surface area contributed by atoms with Crippen LogP contribution < -0.4 is 4.74 Å². The van der Waals surface area contributed by atoms with Crippen molar-refractivity contribution in [3.63, 3.8) is 0 Å². The minimum absolute atomic E-state index is 0.0316. The van der Waals surface area contributed by atoms with Gasteiger partial charge in [-0.2, -0.15) is 0 Å². The molecule has 0 amide bonds. The van der Waals surface area contributed by atoms with Crippen molar-refractivity contribution >= 4 is 0 Å². The second-order valence-corrected chi connectivity index (χ2v) is 10.8. The Kier molecular flexibility index (Phi) is 3.41. The number of rotatable bonds is 3. The Bertz CT molecular complexity index is 1000. The first-order chi connectivity index (χ1) is 14.3. The van der Waals surface area contributed by atoms with Gasteiger partial charge in [0, 0.05) is 45.9 Å². The second kappa shape index (κ2) is 5.45. The Morgan fingerprint density at radius 1 is 1.33 bits per heavy atom. The summed E-state index contributed by atoms with van der Waals surface area (Å²) in [5, 5.41) is 15.0. The predicted octanol–water partition coefficient (Wildman–Crippen LogP) is 3.93. The number of ether oxygens (including phenoxy) is 2. The number of fused-ring (bicyclic) bond motifs is 2. The summed E-state index contributed by atoms with van der Waals surface area (Å²) in [5.74, 6) is 0.960. The molecule has 1 aromatic carbocycles. The van der Waals surface area contributed by atoms with E-state index in [4.69, 9.17) is 9.47 Å². The number of benzene rings is 1. The average molecular weight is 411 g/mol. The van der Waals surface area contributed by atoms with Gasteiger partial charge in [-0.3, -0.25) is 0 Å². The fourth-order valence-electron chi connectivity index (χ4n) is 8.70. The van der Waals surface area contributed by atoms with E-state index in [1.54, 1.807) is 13.2 Å². The van der Waals surface area contributed by atoms with Crippen LogP contribution in [0.4, 0.5) is 0 Å². The van der Waals surface area contributed by atoms with E-state index in [1.807, 2.05) is 13.8 Å². The molecule has 2 heterocycles. The van der Waals surface area contributed by atoms with E-state index in [2.05, 4.69) is 28.0 Å².